The van der Waals surface area contributed by atoms with E-state index in [0.29, 0.717) is 64.9 Å². The van der Waals surface area contributed by atoms with Crippen molar-refractivity contribution >= 4 is 11.9 Å². The van der Waals surface area contributed by atoms with E-state index in [9.17, 15) is 0 Å². The number of methoxy groups -OCH3 is 5. The normalized spacial score (nSPS) is 13.2. The van der Waals surface area contributed by atoms with Crippen LogP contribution < -0.4 is 38.5 Å². The summed E-state index contributed by atoms with van der Waals surface area (Å²) in [6.07, 6.45) is 3.24. The van der Waals surface area contributed by atoms with Gasteiger partial charge in [0.05, 0.1) is 48.8 Å². The number of para-hydroxylation sites is 1. The first-order valence-corrected chi connectivity index (χ1v) is 15.8. The number of ether oxygens (including phenoxy) is 7. The zero-order valence-corrected chi connectivity index (χ0v) is 28.1. The average molecular weight is 666 g/mol. The van der Waals surface area contributed by atoms with Gasteiger partial charge in [-0.25, -0.2) is 0 Å². The maximum atomic E-state index is 6.14. The topological polar surface area (TPSA) is 115 Å². The molecule has 0 saturated heterocycles. The third-order valence-electron chi connectivity index (χ3n) is 8.09. The molecule has 1 atom stereocenters. The lowest BCUT2D eigenvalue weighted by molar-refractivity contribution is 0.252. The van der Waals surface area contributed by atoms with Crippen molar-refractivity contribution in [2.45, 2.75) is 19.0 Å². The van der Waals surface area contributed by atoms with Crippen molar-refractivity contribution in [3.63, 3.8) is 0 Å². The Labute approximate surface area is 285 Å². The Kier molecular flexibility index (Phi) is 10.4. The quantitative estimate of drug-likeness (QED) is 0.111. The molecule has 11 heteroatoms. The highest BCUT2D eigenvalue weighted by Crippen LogP contribution is 2.42. The second kappa shape index (κ2) is 15.4. The van der Waals surface area contributed by atoms with Gasteiger partial charge < -0.3 is 43.0 Å². The lowest BCUT2D eigenvalue weighted by Crippen LogP contribution is -2.14. The molecule has 0 radical (unpaired) electrons. The zero-order chi connectivity index (χ0) is 34.2. The fraction of sp³-hybridized carbons (Fsp3) is 0.263. The van der Waals surface area contributed by atoms with Gasteiger partial charge >= 0.3 is 0 Å². The first-order chi connectivity index (χ1) is 24.0. The van der Waals surface area contributed by atoms with Gasteiger partial charge in [0.25, 0.3) is 0 Å². The van der Waals surface area contributed by atoms with Crippen molar-refractivity contribution in [2.75, 3.05) is 54.1 Å². The summed E-state index contributed by atoms with van der Waals surface area (Å²) < 4.78 is 45.5. The minimum absolute atomic E-state index is 0.196. The largest absolute Gasteiger partial charge is 0.493 e. The SMILES string of the molecule is COc1cc(C2N=Cc3ccccc3N2)ccc1OCCCCOc1cc(-c2cc(-c3cc(OC)c(OC)c(OC)c3)on2)ccc1OC. The van der Waals surface area contributed by atoms with Crippen LogP contribution in [0.3, 0.4) is 0 Å². The van der Waals surface area contributed by atoms with Crippen molar-refractivity contribution in [1.29, 1.82) is 0 Å². The van der Waals surface area contributed by atoms with E-state index in [0.717, 1.165) is 40.8 Å². The van der Waals surface area contributed by atoms with E-state index < -0.39 is 0 Å². The maximum Gasteiger partial charge on any atom is 0.203 e. The molecule has 1 aromatic heterocycles. The lowest BCUT2D eigenvalue weighted by Gasteiger charge is -2.22. The van der Waals surface area contributed by atoms with E-state index in [1.54, 1.807) is 35.5 Å². The van der Waals surface area contributed by atoms with Gasteiger partial charge in [-0.05, 0) is 61.4 Å². The van der Waals surface area contributed by atoms with Gasteiger partial charge in [-0.1, -0.05) is 29.4 Å². The summed E-state index contributed by atoms with van der Waals surface area (Å²) >= 11 is 0. The third-order valence-corrected chi connectivity index (χ3v) is 8.09. The number of aliphatic imine (C=N–C) groups is 1. The molecule has 1 N–H and O–H groups in total. The number of aromatic nitrogens is 1. The molecule has 0 amide bonds. The molecule has 0 bridgehead atoms. The van der Waals surface area contributed by atoms with Crippen molar-refractivity contribution in [2.24, 2.45) is 4.99 Å². The second-order valence-electron chi connectivity index (χ2n) is 11.1. The van der Waals surface area contributed by atoms with Gasteiger partial charge in [0, 0.05) is 40.2 Å². The summed E-state index contributed by atoms with van der Waals surface area (Å²) in [4.78, 5) is 4.66. The molecule has 6 rings (SSSR count). The summed E-state index contributed by atoms with van der Waals surface area (Å²) in [6, 6.07) is 25.1. The molecule has 49 heavy (non-hydrogen) atoms. The average Bonchev–Trinajstić information content (AvgIpc) is 3.66. The Morgan fingerprint density at radius 2 is 1.31 bits per heavy atom. The highest BCUT2D eigenvalue weighted by molar-refractivity contribution is 5.89. The molecule has 5 aromatic rings. The Balaban J connectivity index is 1.04. The number of rotatable bonds is 15. The highest BCUT2D eigenvalue weighted by atomic mass is 16.5. The molecule has 0 aliphatic carbocycles. The molecule has 254 valence electrons. The molecule has 0 fully saturated rings. The van der Waals surface area contributed by atoms with Crippen molar-refractivity contribution in [3.8, 4) is 62.8 Å². The molecular formula is C38H39N3O8. The third kappa shape index (κ3) is 7.35. The number of anilines is 1. The smallest absolute Gasteiger partial charge is 0.203 e. The molecule has 1 aliphatic heterocycles. The van der Waals surface area contributed by atoms with E-state index in [-0.39, 0.29) is 6.17 Å². The molecule has 0 saturated carbocycles. The monoisotopic (exact) mass is 665 g/mol. The highest BCUT2D eigenvalue weighted by Gasteiger charge is 2.19. The van der Waals surface area contributed by atoms with Crippen LogP contribution in [0.25, 0.3) is 22.6 Å². The van der Waals surface area contributed by atoms with Crippen molar-refractivity contribution in [1.82, 2.24) is 5.16 Å². The van der Waals surface area contributed by atoms with Crippen LogP contribution in [-0.2, 0) is 0 Å². The summed E-state index contributed by atoms with van der Waals surface area (Å²) in [5.41, 5.74) is 5.29. The van der Waals surface area contributed by atoms with E-state index in [1.165, 1.54) is 0 Å². The van der Waals surface area contributed by atoms with Crippen molar-refractivity contribution < 1.29 is 37.7 Å². The van der Waals surface area contributed by atoms with Crippen LogP contribution in [0.1, 0.15) is 30.1 Å². The fourth-order valence-electron chi connectivity index (χ4n) is 5.51. The van der Waals surface area contributed by atoms with Gasteiger partial charge in [0.1, 0.15) is 11.9 Å². The van der Waals surface area contributed by atoms with Crippen LogP contribution in [0.5, 0.6) is 40.2 Å². The number of benzene rings is 4. The standard InChI is InChI=1S/C38H39N3O8/c1-42-30-14-12-24(29-22-32(49-41-29)27-20-35(44-3)37(46-5)36(21-27)45-4)18-34(30)48-17-9-8-16-47-31-15-13-25(19-33(31)43-2)38-39-23-26-10-6-7-11-28(26)40-38/h6-7,10-15,18-23,38,40H,8-9,16-17H2,1-5H3. The van der Waals surface area contributed by atoms with E-state index in [4.69, 9.17) is 37.7 Å². The molecular weight excluding hydrogens is 626 g/mol. The van der Waals surface area contributed by atoms with Gasteiger partial charge in [0.2, 0.25) is 5.75 Å². The van der Waals surface area contributed by atoms with E-state index in [1.807, 2.05) is 85.1 Å². The summed E-state index contributed by atoms with van der Waals surface area (Å²) in [5, 5.41) is 7.76. The Morgan fingerprint density at radius 1 is 0.633 bits per heavy atom. The van der Waals surface area contributed by atoms with Crippen LogP contribution in [0.4, 0.5) is 5.69 Å². The second-order valence-corrected chi connectivity index (χ2v) is 11.1. The molecule has 11 nitrogen and oxygen atoms in total. The summed E-state index contributed by atoms with van der Waals surface area (Å²) in [5.74, 6) is 4.66. The Bertz CT molecular complexity index is 1900. The van der Waals surface area contributed by atoms with Gasteiger partial charge in [-0.15, -0.1) is 0 Å². The first-order valence-electron chi connectivity index (χ1n) is 15.8. The maximum absolute atomic E-state index is 6.14. The summed E-state index contributed by atoms with van der Waals surface area (Å²) in [6.45, 7) is 0.980. The minimum atomic E-state index is -0.196. The van der Waals surface area contributed by atoms with Crippen LogP contribution >= 0.6 is 0 Å². The number of nitrogens with one attached hydrogen (secondary N) is 1. The molecule has 4 aromatic carbocycles. The molecule has 1 unspecified atom stereocenters. The number of nitrogens with zero attached hydrogens (tertiary/aromatic N) is 2. The first kappa shape index (κ1) is 33.1. The van der Waals surface area contributed by atoms with Gasteiger partial charge in [-0.3, -0.25) is 4.99 Å². The van der Waals surface area contributed by atoms with E-state index >= 15 is 0 Å². The van der Waals surface area contributed by atoms with Gasteiger partial charge in [-0.2, -0.15) is 0 Å². The van der Waals surface area contributed by atoms with Crippen LogP contribution in [0.15, 0.2) is 88.4 Å². The number of hydrogen-bond acceptors (Lipinski definition) is 11. The van der Waals surface area contributed by atoms with Crippen LogP contribution in [0, 0.1) is 0 Å². The number of hydrogen-bond donors (Lipinski definition) is 1. The minimum Gasteiger partial charge on any atom is -0.493 e. The number of unbranched alkanes of at least 4 members (excludes halogenated alkanes) is 1. The predicted octanol–water partition coefficient (Wildman–Crippen LogP) is 7.83. The predicted molar refractivity (Wildman–Crippen MR) is 187 cm³/mol. The van der Waals surface area contributed by atoms with Crippen LogP contribution in [-0.4, -0.2) is 60.1 Å². The molecule has 2 heterocycles. The summed E-state index contributed by atoms with van der Waals surface area (Å²) in [7, 11) is 7.95. The van der Waals surface area contributed by atoms with Crippen LogP contribution in [0.2, 0.25) is 0 Å². The van der Waals surface area contributed by atoms with Gasteiger partial charge in [0.15, 0.2) is 40.3 Å². The molecule has 1 aliphatic rings. The number of fused-ring (bicyclic) bond motifs is 1. The Morgan fingerprint density at radius 3 is 2.02 bits per heavy atom. The zero-order valence-electron chi connectivity index (χ0n) is 28.1. The fourth-order valence-corrected chi connectivity index (χ4v) is 5.51. The lowest BCUT2D eigenvalue weighted by atomic mass is 10.1. The van der Waals surface area contributed by atoms with Crippen molar-refractivity contribution in [3.05, 3.63) is 90.0 Å². The van der Waals surface area contributed by atoms with E-state index in [2.05, 4.69) is 15.5 Å². The molecule has 0 spiro atoms. The Hall–Kier alpha value is -5.84.